The third-order valence-corrected chi connectivity index (χ3v) is 4.25. The number of aryl methyl sites for hydroxylation is 1. The Hall–Kier alpha value is -3.65. The molecule has 0 spiro atoms. The van der Waals surface area contributed by atoms with Gasteiger partial charge in [-0.1, -0.05) is 36.7 Å². The molecule has 9 heteroatoms. The Morgan fingerprint density at radius 2 is 1.87 bits per heavy atom. The first kappa shape index (κ1) is 23.6. The number of hydrogen-bond acceptors (Lipinski definition) is 5. The SMILES string of the molecule is C=CCNC(=O)C(=O)N/N=C\c1ccc(OCC(=O)Nc2ccc(CC)cc2)c(Cl)c1. The molecule has 31 heavy (non-hydrogen) atoms. The number of amides is 3. The lowest BCUT2D eigenvalue weighted by atomic mass is 10.1. The second kappa shape index (κ2) is 12.1. The first-order valence-corrected chi connectivity index (χ1v) is 9.84. The number of carbonyl (C=O) groups excluding carboxylic acids is 3. The van der Waals surface area contributed by atoms with E-state index in [9.17, 15) is 14.4 Å². The maximum absolute atomic E-state index is 12.1. The number of hydrazone groups is 1. The minimum atomic E-state index is -0.903. The molecule has 2 rings (SSSR count). The molecule has 0 radical (unpaired) electrons. The standard InChI is InChI=1S/C22H23ClN4O4/c1-3-11-24-21(29)22(30)27-25-13-16-7-10-19(18(23)12-16)31-14-20(28)26-17-8-5-15(4-2)6-9-17/h3,5-10,12-13H,1,4,11,14H2,2H3,(H,24,29)(H,26,28)(H,27,30)/b25-13-. The molecular weight excluding hydrogens is 420 g/mol. The van der Waals surface area contributed by atoms with Crippen molar-refractivity contribution in [2.75, 3.05) is 18.5 Å². The van der Waals surface area contributed by atoms with Crippen LogP contribution in [0.15, 0.2) is 60.2 Å². The van der Waals surface area contributed by atoms with E-state index in [2.05, 4.69) is 34.7 Å². The molecule has 0 saturated heterocycles. The molecule has 0 fully saturated rings. The zero-order valence-electron chi connectivity index (χ0n) is 17.0. The molecule has 3 amide bonds. The Labute approximate surface area is 185 Å². The van der Waals surface area contributed by atoms with E-state index < -0.39 is 11.8 Å². The quantitative estimate of drug-likeness (QED) is 0.240. The summed E-state index contributed by atoms with van der Waals surface area (Å²) < 4.78 is 5.46. The lowest BCUT2D eigenvalue weighted by molar-refractivity contribution is -0.139. The number of carbonyl (C=O) groups is 3. The van der Waals surface area contributed by atoms with E-state index in [1.54, 1.807) is 18.2 Å². The van der Waals surface area contributed by atoms with Crippen molar-refractivity contribution in [1.82, 2.24) is 10.7 Å². The Morgan fingerprint density at radius 3 is 2.52 bits per heavy atom. The van der Waals surface area contributed by atoms with Gasteiger partial charge in [0.1, 0.15) is 5.75 Å². The maximum atomic E-state index is 12.1. The molecule has 0 aromatic heterocycles. The van der Waals surface area contributed by atoms with Crippen molar-refractivity contribution in [2.24, 2.45) is 5.10 Å². The number of rotatable bonds is 9. The fraction of sp³-hybridized carbons (Fsp3) is 0.182. The molecule has 0 heterocycles. The highest BCUT2D eigenvalue weighted by Gasteiger charge is 2.11. The van der Waals surface area contributed by atoms with Crippen LogP contribution in [0.1, 0.15) is 18.1 Å². The van der Waals surface area contributed by atoms with Crippen LogP contribution in [-0.2, 0) is 20.8 Å². The second-order valence-electron chi connectivity index (χ2n) is 6.28. The summed E-state index contributed by atoms with van der Waals surface area (Å²) in [7, 11) is 0. The Bertz CT molecular complexity index is 974. The Morgan fingerprint density at radius 1 is 1.13 bits per heavy atom. The van der Waals surface area contributed by atoms with Gasteiger partial charge >= 0.3 is 11.8 Å². The molecule has 162 valence electrons. The van der Waals surface area contributed by atoms with E-state index in [4.69, 9.17) is 16.3 Å². The molecule has 2 aromatic carbocycles. The molecule has 0 unspecified atom stereocenters. The van der Waals surface area contributed by atoms with Crippen LogP contribution in [0.25, 0.3) is 0 Å². The zero-order valence-corrected chi connectivity index (χ0v) is 17.7. The largest absolute Gasteiger partial charge is 0.482 e. The van der Waals surface area contributed by atoms with E-state index in [-0.39, 0.29) is 24.1 Å². The molecule has 0 aliphatic rings. The monoisotopic (exact) mass is 442 g/mol. The van der Waals surface area contributed by atoms with Crippen molar-refractivity contribution < 1.29 is 19.1 Å². The number of halogens is 1. The van der Waals surface area contributed by atoms with Crippen LogP contribution in [0, 0.1) is 0 Å². The smallest absolute Gasteiger partial charge is 0.329 e. The van der Waals surface area contributed by atoms with Crippen LogP contribution in [0.5, 0.6) is 5.75 Å². The fourth-order valence-electron chi connectivity index (χ4n) is 2.34. The van der Waals surface area contributed by atoms with Gasteiger partial charge < -0.3 is 15.4 Å². The van der Waals surface area contributed by atoms with Gasteiger partial charge in [0.25, 0.3) is 5.91 Å². The number of ether oxygens (including phenoxy) is 1. The summed E-state index contributed by atoms with van der Waals surface area (Å²) in [4.78, 5) is 35.0. The topological polar surface area (TPSA) is 109 Å². The van der Waals surface area contributed by atoms with Crippen LogP contribution in [0.3, 0.4) is 0 Å². The minimum Gasteiger partial charge on any atom is -0.482 e. The Kier molecular flexibility index (Phi) is 9.25. The number of benzene rings is 2. The number of nitrogens with one attached hydrogen (secondary N) is 3. The number of nitrogens with zero attached hydrogens (tertiary/aromatic N) is 1. The van der Waals surface area contributed by atoms with Crippen molar-refractivity contribution in [3.8, 4) is 5.75 Å². The predicted octanol–water partition coefficient (Wildman–Crippen LogP) is 2.67. The van der Waals surface area contributed by atoms with E-state index in [1.807, 2.05) is 24.3 Å². The predicted molar refractivity (Wildman–Crippen MR) is 120 cm³/mol. The molecule has 0 aliphatic heterocycles. The minimum absolute atomic E-state index is 0.177. The molecule has 8 nitrogen and oxygen atoms in total. The normalized spacial score (nSPS) is 10.4. The van der Waals surface area contributed by atoms with Gasteiger partial charge in [0, 0.05) is 12.2 Å². The van der Waals surface area contributed by atoms with Crippen molar-refractivity contribution in [1.29, 1.82) is 0 Å². The average Bonchev–Trinajstić information content (AvgIpc) is 2.77. The molecule has 2 aromatic rings. The average molecular weight is 443 g/mol. The van der Waals surface area contributed by atoms with Gasteiger partial charge in [-0.2, -0.15) is 5.10 Å². The van der Waals surface area contributed by atoms with Crippen molar-refractivity contribution >= 4 is 41.2 Å². The first-order valence-electron chi connectivity index (χ1n) is 9.46. The van der Waals surface area contributed by atoms with Crippen molar-refractivity contribution in [3.05, 3.63) is 71.3 Å². The van der Waals surface area contributed by atoms with Crippen LogP contribution < -0.4 is 20.8 Å². The summed E-state index contributed by atoms with van der Waals surface area (Å²) in [5.74, 6) is -1.72. The lowest BCUT2D eigenvalue weighted by Crippen LogP contribution is -2.37. The van der Waals surface area contributed by atoms with Gasteiger partial charge in [0.15, 0.2) is 6.61 Å². The third-order valence-electron chi connectivity index (χ3n) is 3.95. The van der Waals surface area contributed by atoms with E-state index in [0.717, 1.165) is 6.42 Å². The zero-order chi connectivity index (χ0) is 22.6. The molecular formula is C22H23ClN4O4. The van der Waals surface area contributed by atoms with Crippen LogP contribution in [-0.4, -0.2) is 37.1 Å². The Balaban J connectivity index is 1.84. The number of anilines is 1. The highest BCUT2D eigenvalue weighted by Crippen LogP contribution is 2.25. The van der Waals surface area contributed by atoms with Gasteiger partial charge in [-0.3, -0.25) is 14.4 Å². The molecule has 0 saturated carbocycles. The summed E-state index contributed by atoms with van der Waals surface area (Å²) >= 11 is 6.18. The summed E-state index contributed by atoms with van der Waals surface area (Å²) in [6.07, 6.45) is 3.70. The lowest BCUT2D eigenvalue weighted by Gasteiger charge is -2.09. The molecule has 0 aliphatic carbocycles. The summed E-state index contributed by atoms with van der Waals surface area (Å²) in [5.41, 5.74) is 4.53. The van der Waals surface area contributed by atoms with Crippen molar-refractivity contribution in [2.45, 2.75) is 13.3 Å². The summed E-state index contributed by atoms with van der Waals surface area (Å²) in [6, 6.07) is 12.3. The van der Waals surface area contributed by atoms with Crippen LogP contribution in [0.4, 0.5) is 5.69 Å². The van der Waals surface area contributed by atoms with Gasteiger partial charge in [0.2, 0.25) is 0 Å². The summed E-state index contributed by atoms with van der Waals surface area (Å²) in [5, 5.41) is 9.04. The first-order chi connectivity index (χ1) is 14.9. The van der Waals surface area contributed by atoms with Crippen LogP contribution in [0.2, 0.25) is 5.02 Å². The second-order valence-corrected chi connectivity index (χ2v) is 6.68. The van der Waals surface area contributed by atoms with Gasteiger partial charge in [-0.05, 0) is 47.9 Å². The maximum Gasteiger partial charge on any atom is 0.329 e. The third kappa shape index (κ3) is 7.94. The van der Waals surface area contributed by atoms with Gasteiger partial charge in [-0.25, -0.2) is 5.43 Å². The summed E-state index contributed by atoms with van der Waals surface area (Å²) in [6.45, 7) is 5.46. The molecule has 0 atom stereocenters. The van der Waals surface area contributed by atoms with Crippen LogP contribution >= 0.6 is 11.6 Å². The van der Waals surface area contributed by atoms with E-state index >= 15 is 0 Å². The molecule has 0 bridgehead atoms. The molecule has 3 N–H and O–H groups in total. The van der Waals surface area contributed by atoms with Crippen molar-refractivity contribution in [3.63, 3.8) is 0 Å². The van der Waals surface area contributed by atoms with E-state index in [0.29, 0.717) is 17.0 Å². The highest BCUT2D eigenvalue weighted by atomic mass is 35.5. The number of hydrogen-bond donors (Lipinski definition) is 3. The van der Waals surface area contributed by atoms with Gasteiger partial charge in [0.05, 0.1) is 11.2 Å². The van der Waals surface area contributed by atoms with E-state index in [1.165, 1.54) is 17.9 Å². The highest BCUT2D eigenvalue weighted by molar-refractivity contribution is 6.35. The van der Waals surface area contributed by atoms with Gasteiger partial charge in [-0.15, -0.1) is 6.58 Å². The fourth-order valence-corrected chi connectivity index (χ4v) is 2.58.